The van der Waals surface area contributed by atoms with Crippen LogP contribution in [0, 0.1) is 17.7 Å². The van der Waals surface area contributed by atoms with Gasteiger partial charge < -0.3 is 5.32 Å². The Morgan fingerprint density at radius 3 is 3.00 bits per heavy atom. The third kappa shape index (κ3) is 2.24. The summed E-state index contributed by atoms with van der Waals surface area (Å²) in [5.74, 6) is 1.03. The molecular formula is C18H21FN2. The largest absolute Gasteiger partial charge is 0.310 e. The van der Waals surface area contributed by atoms with E-state index in [9.17, 15) is 4.39 Å². The maximum absolute atomic E-state index is 13.0. The molecule has 0 saturated carbocycles. The van der Waals surface area contributed by atoms with E-state index in [1.807, 2.05) is 12.1 Å². The summed E-state index contributed by atoms with van der Waals surface area (Å²) in [6.07, 6.45) is 11.3. The maximum Gasteiger partial charge on any atom is 0.123 e. The summed E-state index contributed by atoms with van der Waals surface area (Å²) in [6.45, 7) is 1.12. The number of aliphatic imine (C=N–C) groups is 1. The quantitative estimate of drug-likeness (QED) is 0.829. The number of nitrogens with zero attached hydrogens (tertiary/aromatic N) is 1. The van der Waals surface area contributed by atoms with Crippen molar-refractivity contribution in [2.45, 2.75) is 37.3 Å². The highest BCUT2D eigenvalue weighted by atomic mass is 19.1. The van der Waals surface area contributed by atoms with Gasteiger partial charge in [0.25, 0.3) is 0 Å². The molecule has 2 aliphatic heterocycles. The lowest BCUT2D eigenvalue weighted by Gasteiger charge is -2.46. The summed E-state index contributed by atoms with van der Waals surface area (Å²) in [4.78, 5) is 4.78. The average molecular weight is 284 g/mol. The molecule has 4 unspecified atom stereocenters. The molecule has 3 aliphatic rings. The van der Waals surface area contributed by atoms with Gasteiger partial charge in [-0.3, -0.25) is 4.99 Å². The van der Waals surface area contributed by atoms with E-state index in [0.29, 0.717) is 12.0 Å². The Bertz CT molecular complexity index is 577. The lowest BCUT2D eigenvalue weighted by molar-refractivity contribution is 0.193. The molecule has 110 valence electrons. The maximum atomic E-state index is 13.0. The van der Waals surface area contributed by atoms with E-state index < -0.39 is 0 Å². The van der Waals surface area contributed by atoms with Crippen LogP contribution in [0.4, 0.5) is 4.39 Å². The van der Waals surface area contributed by atoms with Gasteiger partial charge >= 0.3 is 0 Å². The first-order valence-corrected chi connectivity index (χ1v) is 7.96. The summed E-state index contributed by atoms with van der Waals surface area (Å²) in [6, 6.07) is 7.17. The van der Waals surface area contributed by atoms with Crippen LogP contribution in [-0.4, -0.2) is 24.3 Å². The molecule has 1 saturated heterocycles. The van der Waals surface area contributed by atoms with Crippen LogP contribution in [0.5, 0.6) is 0 Å². The van der Waals surface area contributed by atoms with Crippen molar-refractivity contribution >= 4 is 6.21 Å². The van der Waals surface area contributed by atoms with Gasteiger partial charge in [-0.1, -0.05) is 24.3 Å². The van der Waals surface area contributed by atoms with Gasteiger partial charge in [0.15, 0.2) is 0 Å². The van der Waals surface area contributed by atoms with E-state index in [1.165, 1.54) is 18.4 Å². The van der Waals surface area contributed by atoms with E-state index in [2.05, 4.69) is 23.7 Å². The van der Waals surface area contributed by atoms with Crippen molar-refractivity contribution in [3.63, 3.8) is 0 Å². The standard InChI is InChI=1S/C18H21FN2/c19-16-6-4-13(5-7-16)10-17-11-18-14(8-9-21-18)2-1-3-15(18)12-20-17/h1,3-7,12,14-15,17,21H,2,8-11H2. The fourth-order valence-corrected chi connectivity index (χ4v) is 4.39. The van der Waals surface area contributed by atoms with Crippen LogP contribution in [0.15, 0.2) is 41.4 Å². The first-order valence-electron chi connectivity index (χ1n) is 7.96. The van der Waals surface area contributed by atoms with Gasteiger partial charge in [0.05, 0.1) is 6.04 Å². The zero-order chi connectivity index (χ0) is 14.3. The van der Waals surface area contributed by atoms with Gasteiger partial charge in [-0.2, -0.15) is 0 Å². The Hall–Kier alpha value is -1.48. The van der Waals surface area contributed by atoms with Gasteiger partial charge in [-0.05, 0) is 55.8 Å². The normalized spacial score (nSPS) is 37.3. The molecule has 0 amide bonds. The lowest BCUT2D eigenvalue weighted by atomic mass is 9.66. The zero-order valence-electron chi connectivity index (χ0n) is 12.1. The van der Waals surface area contributed by atoms with Crippen LogP contribution >= 0.6 is 0 Å². The Morgan fingerprint density at radius 1 is 1.29 bits per heavy atom. The highest BCUT2D eigenvalue weighted by molar-refractivity contribution is 5.68. The minimum absolute atomic E-state index is 0.167. The monoisotopic (exact) mass is 284 g/mol. The van der Waals surface area contributed by atoms with Crippen LogP contribution < -0.4 is 5.32 Å². The third-order valence-electron chi connectivity index (χ3n) is 5.45. The zero-order valence-corrected chi connectivity index (χ0v) is 12.1. The van der Waals surface area contributed by atoms with Gasteiger partial charge in [-0.15, -0.1) is 0 Å². The van der Waals surface area contributed by atoms with Crippen molar-refractivity contribution in [1.29, 1.82) is 0 Å². The molecule has 1 spiro atoms. The fraction of sp³-hybridized carbons (Fsp3) is 0.500. The molecule has 1 fully saturated rings. The topological polar surface area (TPSA) is 24.4 Å². The van der Waals surface area contributed by atoms with E-state index >= 15 is 0 Å². The summed E-state index contributed by atoms with van der Waals surface area (Å²) in [7, 11) is 0. The number of hydrogen-bond acceptors (Lipinski definition) is 2. The van der Waals surface area contributed by atoms with Crippen LogP contribution in [-0.2, 0) is 6.42 Å². The lowest BCUT2D eigenvalue weighted by Crippen LogP contribution is -2.56. The van der Waals surface area contributed by atoms with Crippen molar-refractivity contribution in [1.82, 2.24) is 5.32 Å². The molecule has 2 nitrogen and oxygen atoms in total. The smallest absolute Gasteiger partial charge is 0.123 e. The van der Waals surface area contributed by atoms with Gasteiger partial charge in [0.1, 0.15) is 5.82 Å². The van der Waals surface area contributed by atoms with E-state index in [1.54, 1.807) is 12.1 Å². The molecule has 0 radical (unpaired) electrons. The summed E-state index contributed by atoms with van der Waals surface area (Å²) < 4.78 is 13.0. The average Bonchev–Trinajstić information content (AvgIpc) is 2.91. The molecule has 21 heavy (non-hydrogen) atoms. The number of allylic oxidation sites excluding steroid dienone is 1. The molecule has 4 atom stereocenters. The molecule has 3 heteroatoms. The predicted molar refractivity (Wildman–Crippen MR) is 83.1 cm³/mol. The molecule has 0 bridgehead atoms. The molecule has 0 aromatic heterocycles. The van der Waals surface area contributed by atoms with Gasteiger partial charge in [-0.25, -0.2) is 4.39 Å². The van der Waals surface area contributed by atoms with Gasteiger partial charge in [0, 0.05) is 17.7 Å². The van der Waals surface area contributed by atoms with Crippen molar-refractivity contribution in [3.8, 4) is 0 Å². The van der Waals surface area contributed by atoms with Crippen molar-refractivity contribution in [3.05, 3.63) is 47.8 Å². The minimum Gasteiger partial charge on any atom is -0.310 e. The number of hydrogen-bond donors (Lipinski definition) is 1. The van der Waals surface area contributed by atoms with Crippen molar-refractivity contribution in [2.75, 3.05) is 6.54 Å². The second-order valence-corrected chi connectivity index (χ2v) is 6.63. The first kappa shape index (κ1) is 13.2. The Balaban J connectivity index is 1.56. The SMILES string of the molecule is Fc1ccc(CC2CC34NCCC3CC=CC4C=N2)cc1. The number of nitrogens with one attached hydrogen (secondary N) is 1. The van der Waals surface area contributed by atoms with Crippen LogP contribution in [0.25, 0.3) is 0 Å². The summed E-state index contributed by atoms with van der Waals surface area (Å²) in [5, 5.41) is 3.80. The highest BCUT2D eigenvalue weighted by Gasteiger charge is 2.50. The van der Waals surface area contributed by atoms with Gasteiger partial charge in [0.2, 0.25) is 0 Å². The number of benzene rings is 1. The highest BCUT2D eigenvalue weighted by Crippen LogP contribution is 2.45. The van der Waals surface area contributed by atoms with E-state index in [0.717, 1.165) is 25.3 Å². The first-order chi connectivity index (χ1) is 10.3. The summed E-state index contributed by atoms with van der Waals surface area (Å²) in [5.41, 5.74) is 1.40. The summed E-state index contributed by atoms with van der Waals surface area (Å²) >= 11 is 0. The number of rotatable bonds is 2. The fourth-order valence-electron chi connectivity index (χ4n) is 4.39. The predicted octanol–water partition coefficient (Wildman–Crippen LogP) is 3.14. The van der Waals surface area contributed by atoms with Crippen molar-refractivity contribution < 1.29 is 4.39 Å². The Morgan fingerprint density at radius 2 is 2.14 bits per heavy atom. The molecule has 1 aromatic carbocycles. The second kappa shape index (κ2) is 5.06. The van der Waals surface area contributed by atoms with E-state index in [-0.39, 0.29) is 11.4 Å². The molecule has 2 heterocycles. The molecule has 1 aromatic rings. The minimum atomic E-state index is -0.167. The molecule has 4 rings (SSSR count). The van der Waals surface area contributed by atoms with Crippen molar-refractivity contribution in [2.24, 2.45) is 16.8 Å². The van der Waals surface area contributed by atoms with E-state index in [4.69, 9.17) is 4.99 Å². The molecule has 1 N–H and O–H groups in total. The van der Waals surface area contributed by atoms with Crippen LogP contribution in [0.1, 0.15) is 24.8 Å². The Labute approximate surface area is 125 Å². The number of halogens is 1. The second-order valence-electron chi connectivity index (χ2n) is 6.63. The van der Waals surface area contributed by atoms with Crippen LogP contribution in [0.2, 0.25) is 0 Å². The molecule has 1 aliphatic carbocycles. The van der Waals surface area contributed by atoms with Crippen LogP contribution in [0.3, 0.4) is 0 Å². The Kier molecular flexibility index (Phi) is 3.18. The third-order valence-corrected chi connectivity index (χ3v) is 5.45. The molecular weight excluding hydrogens is 263 g/mol.